The third-order valence-electron chi connectivity index (χ3n) is 3.05. The molecule has 0 amide bonds. The number of hydrogen-bond acceptors (Lipinski definition) is 0. The molecule has 0 aliphatic rings. The van der Waals surface area contributed by atoms with Crippen molar-refractivity contribution in [2.24, 2.45) is 0 Å². The quantitative estimate of drug-likeness (QED) is 0.645. The molecule has 20 heavy (non-hydrogen) atoms. The molecule has 0 spiro atoms. The molecule has 0 N–H and O–H groups in total. The summed E-state index contributed by atoms with van der Waals surface area (Å²) in [6.07, 6.45) is 1.49. The summed E-state index contributed by atoms with van der Waals surface area (Å²) in [6.45, 7) is 0. The molecule has 0 saturated carbocycles. The number of halogens is 3. The third-order valence-corrected chi connectivity index (χ3v) is 3.05. The summed E-state index contributed by atoms with van der Waals surface area (Å²) in [5.41, 5.74) is 0.583. The molecule has 3 rings (SSSR count). The van der Waals surface area contributed by atoms with Crippen LogP contribution in [0.25, 0.3) is 16.9 Å². The van der Waals surface area contributed by atoms with Crippen LogP contribution >= 0.6 is 0 Å². The van der Waals surface area contributed by atoms with Crippen molar-refractivity contribution in [3.63, 3.8) is 0 Å². The molecular formula is C16H10F3N. The van der Waals surface area contributed by atoms with Gasteiger partial charge in [-0.05, 0) is 36.4 Å². The molecule has 0 saturated heterocycles. The topological polar surface area (TPSA) is 4.93 Å². The van der Waals surface area contributed by atoms with E-state index in [0.29, 0.717) is 5.69 Å². The molecule has 0 fully saturated rings. The predicted molar refractivity (Wildman–Crippen MR) is 71.1 cm³/mol. The first-order chi connectivity index (χ1) is 9.66. The van der Waals surface area contributed by atoms with E-state index >= 15 is 0 Å². The number of benzene rings is 2. The molecular weight excluding hydrogens is 263 g/mol. The van der Waals surface area contributed by atoms with Gasteiger partial charge in [0.15, 0.2) is 0 Å². The van der Waals surface area contributed by atoms with Gasteiger partial charge in [0.25, 0.3) is 0 Å². The maximum Gasteiger partial charge on any atom is 0.149 e. The Morgan fingerprint density at radius 3 is 2.25 bits per heavy atom. The van der Waals surface area contributed by atoms with Gasteiger partial charge in [-0.25, -0.2) is 13.2 Å². The predicted octanol–water partition coefficient (Wildman–Crippen LogP) is 4.56. The molecule has 0 bridgehead atoms. The van der Waals surface area contributed by atoms with E-state index in [1.54, 1.807) is 24.3 Å². The van der Waals surface area contributed by atoms with Crippen LogP contribution in [0.1, 0.15) is 0 Å². The van der Waals surface area contributed by atoms with Crippen LogP contribution in [0.4, 0.5) is 13.2 Å². The number of para-hydroxylation sites is 1. The van der Waals surface area contributed by atoms with Gasteiger partial charge in [0.05, 0.1) is 5.69 Å². The number of hydrogen-bond donors (Lipinski definition) is 0. The molecule has 100 valence electrons. The van der Waals surface area contributed by atoms with Crippen molar-refractivity contribution < 1.29 is 13.2 Å². The minimum atomic E-state index is -0.666. The van der Waals surface area contributed by atoms with E-state index in [4.69, 9.17) is 0 Å². The normalized spacial score (nSPS) is 10.8. The molecule has 1 heterocycles. The molecule has 3 aromatic rings. The van der Waals surface area contributed by atoms with Crippen LogP contribution in [0.15, 0.2) is 60.8 Å². The minimum Gasteiger partial charge on any atom is -0.314 e. The fourth-order valence-electron chi connectivity index (χ4n) is 2.15. The highest BCUT2D eigenvalue weighted by molar-refractivity contribution is 5.64. The van der Waals surface area contributed by atoms with Crippen molar-refractivity contribution in [1.82, 2.24) is 4.57 Å². The largest absolute Gasteiger partial charge is 0.314 e. The molecule has 0 unspecified atom stereocenters. The van der Waals surface area contributed by atoms with Crippen molar-refractivity contribution in [1.29, 1.82) is 0 Å². The Bertz CT molecular complexity index is 748. The summed E-state index contributed by atoms with van der Waals surface area (Å²) >= 11 is 0. The van der Waals surface area contributed by atoms with Crippen LogP contribution in [-0.2, 0) is 0 Å². The summed E-state index contributed by atoms with van der Waals surface area (Å²) in [5.74, 6) is -1.87. The lowest BCUT2D eigenvalue weighted by atomic mass is 10.1. The summed E-state index contributed by atoms with van der Waals surface area (Å²) < 4.78 is 42.6. The second-order valence-corrected chi connectivity index (χ2v) is 4.34. The molecule has 0 atom stereocenters. The first-order valence-electron chi connectivity index (χ1n) is 6.04. The average molecular weight is 273 g/mol. The molecule has 0 aliphatic carbocycles. The van der Waals surface area contributed by atoms with Gasteiger partial charge in [-0.15, -0.1) is 0 Å². The highest BCUT2D eigenvalue weighted by Gasteiger charge is 2.17. The van der Waals surface area contributed by atoms with E-state index in [-0.39, 0.29) is 11.3 Å². The van der Waals surface area contributed by atoms with Crippen molar-refractivity contribution in [3.8, 4) is 16.9 Å². The van der Waals surface area contributed by atoms with Gasteiger partial charge in [-0.1, -0.05) is 18.2 Å². The fourth-order valence-corrected chi connectivity index (χ4v) is 2.15. The molecule has 0 aliphatic heterocycles. The van der Waals surface area contributed by atoms with Crippen LogP contribution < -0.4 is 0 Å². The standard InChI is InChI=1S/C16H10F3N/c17-11-6-7-14(18)13(10-11)16-15(19)8-9-20(16)12-4-2-1-3-5-12/h1-10H. The van der Waals surface area contributed by atoms with Gasteiger partial charge in [-0.2, -0.15) is 0 Å². The van der Waals surface area contributed by atoms with Crippen LogP contribution in [-0.4, -0.2) is 4.57 Å². The molecule has 0 radical (unpaired) electrons. The molecule has 1 aromatic heterocycles. The average Bonchev–Trinajstić information content (AvgIpc) is 2.84. The van der Waals surface area contributed by atoms with Crippen molar-refractivity contribution >= 4 is 0 Å². The third kappa shape index (κ3) is 2.09. The number of rotatable bonds is 2. The van der Waals surface area contributed by atoms with Gasteiger partial charge in [-0.3, -0.25) is 0 Å². The SMILES string of the molecule is Fc1ccc(F)c(-c2c(F)ccn2-c2ccccc2)c1. The van der Waals surface area contributed by atoms with E-state index in [9.17, 15) is 13.2 Å². The first kappa shape index (κ1) is 12.5. The maximum absolute atomic E-state index is 14.0. The summed E-state index contributed by atoms with van der Waals surface area (Å²) in [4.78, 5) is 0. The minimum absolute atomic E-state index is 0.00759. The maximum atomic E-state index is 14.0. The Morgan fingerprint density at radius 2 is 1.50 bits per heavy atom. The highest BCUT2D eigenvalue weighted by Crippen LogP contribution is 2.29. The van der Waals surface area contributed by atoms with Crippen molar-refractivity contribution in [2.75, 3.05) is 0 Å². The van der Waals surface area contributed by atoms with Crippen molar-refractivity contribution in [2.45, 2.75) is 0 Å². The van der Waals surface area contributed by atoms with Gasteiger partial charge in [0, 0.05) is 17.4 Å². The second kappa shape index (κ2) is 4.89. The van der Waals surface area contributed by atoms with Crippen LogP contribution in [0.3, 0.4) is 0 Å². The number of aromatic nitrogens is 1. The Labute approximate surface area is 113 Å². The van der Waals surface area contributed by atoms with Crippen LogP contribution in [0, 0.1) is 17.5 Å². The van der Waals surface area contributed by atoms with Gasteiger partial charge >= 0.3 is 0 Å². The lowest BCUT2D eigenvalue weighted by molar-refractivity contribution is 0.596. The van der Waals surface area contributed by atoms with Gasteiger partial charge < -0.3 is 4.57 Å². The van der Waals surface area contributed by atoms with Gasteiger partial charge in [0.2, 0.25) is 0 Å². The van der Waals surface area contributed by atoms with Gasteiger partial charge in [0.1, 0.15) is 17.5 Å². The smallest absolute Gasteiger partial charge is 0.149 e. The fraction of sp³-hybridized carbons (Fsp3) is 0. The Hall–Kier alpha value is -2.49. The van der Waals surface area contributed by atoms with E-state index < -0.39 is 17.5 Å². The lowest BCUT2D eigenvalue weighted by Gasteiger charge is -2.10. The zero-order valence-electron chi connectivity index (χ0n) is 10.4. The zero-order chi connectivity index (χ0) is 14.1. The van der Waals surface area contributed by atoms with Crippen molar-refractivity contribution in [3.05, 3.63) is 78.2 Å². The monoisotopic (exact) mass is 273 g/mol. The zero-order valence-corrected chi connectivity index (χ0v) is 10.4. The van der Waals surface area contributed by atoms with E-state index in [1.807, 2.05) is 6.07 Å². The van der Waals surface area contributed by atoms with Crippen LogP contribution in [0.5, 0.6) is 0 Å². The molecule has 2 aromatic carbocycles. The van der Waals surface area contributed by atoms with E-state index in [2.05, 4.69) is 0 Å². The Kier molecular flexibility index (Phi) is 3.06. The van der Waals surface area contributed by atoms with Crippen LogP contribution in [0.2, 0.25) is 0 Å². The summed E-state index contributed by atoms with van der Waals surface area (Å²) in [6, 6.07) is 13.2. The van der Waals surface area contributed by atoms with E-state index in [0.717, 1.165) is 18.2 Å². The number of nitrogens with zero attached hydrogens (tertiary/aromatic N) is 1. The second-order valence-electron chi connectivity index (χ2n) is 4.34. The first-order valence-corrected chi connectivity index (χ1v) is 6.04. The molecule has 1 nitrogen and oxygen atoms in total. The summed E-state index contributed by atoms with van der Waals surface area (Å²) in [7, 11) is 0. The summed E-state index contributed by atoms with van der Waals surface area (Å²) in [5, 5.41) is 0. The Balaban J connectivity index is 2.24. The lowest BCUT2D eigenvalue weighted by Crippen LogP contribution is -1.98. The van der Waals surface area contributed by atoms with E-state index in [1.165, 1.54) is 16.8 Å². The highest BCUT2D eigenvalue weighted by atomic mass is 19.1. The molecule has 4 heteroatoms. The Morgan fingerprint density at radius 1 is 0.750 bits per heavy atom.